The van der Waals surface area contributed by atoms with Gasteiger partial charge in [0.25, 0.3) is 5.56 Å². The van der Waals surface area contributed by atoms with Gasteiger partial charge >= 0.3 is 0 Å². The predicted molar refractivity (Wildman–Crippen MR) is 113 cm³/mol. The van der Waals surface area contributed by atoms with Crippen molar-refractivity contribution in [2.24, 2.45) is 0 Å². The van der Waals surface area contributed by atoms with Crippen molar-refractivity contribution in [2.75, 3.05) is 26.8 Å². The smallest absolute Gasteiger partial charge is 0.254 e. The molecule has 1 amide bonds. The van der Waals surface area contributed by atoms with Crippen LogP contribution >= 0.6 is 0 Å². The second kappa shape index (κ2) is 8.22. The molecule has 0 bridgehead atoms. The zero-order valence-corrected chi connectivity index (χ0v) is 17.9. The van der Waals surface area contributed by atoms with Gasteiger partial charge in [0.1, 0.15) is 17.2 Å². The molecule has 7 nitrogen and oxygen atoms in total. The van der Waals surface area contributed by atoms with Crippen molar-refractivity contribution in [1.29, 1.82) is 0 Å². The van der Waals surface area contributed by atoms with Gasteiger partial charge in [0, 0.05) is 36.3 Å². The van der Waals surface area contributed by atoms with Crippen LogP contribution in [0.3, 0.4) is 0 Å². The Morgan fingerprint density at radius 2 is 2.10 bits per heavy atom. The molecule has 2 aliphatic rings. The number of nitrogens with one attached hydrogen (secondary N) is 1. The van der Waals surface area contributed by atoms with Gasteiger partial charge in [-0.1, -0.05) is 19.1 Å². The van der Waals surface area contributed by atoms with Crippen molar-refractivity contribution in [1.82, 2.24) is 14.9 Å². The van der Waals surface area contributed by atoms with Crippen molar-refractivity contribution in [3.8, 4) is 5.75 Å². The molecule has 7 heteroatoms. The number of amides is 1. The molecule has 30 heavy (non-hydrogen) atoms. The van der Waals surface area contributed by atoms with Gasteiger partial charge in [-0.25, -0.2) is 4.98 Å². The lowest BCUT2D eigenvalue weighted by atomic mass is 9.78. The minimum Gasteiger partial charge on any atom is -0.496 e. The van der Waals surface area contributed by atoms with E-state index in [0.717, 1.165) is 17.7 Å². The summed E-state index contributed by atoms with van der Waals surface area (Å²) in [4.78, 5) is 34.3. The summed E-state index contributed by atoms with van der Waals surface area (Å²) >= 11 is 0. The molecule has 160 valence electrons. The van der Waals surface area contributed by atoms with Crippen molar-refractivity contribution >= 4 is 5.91 Å². The number of methoxy groups -OCH3 is 1. The number of hydrogen-bond donors (Lipinski definition) is 1. The van der Waals surface area contributed by atoms with Gasteiger partial charge in [0.05, 0.1) is 20.1 Å². The number of aromatic amines is 1. The maximum Gasteiger partial charge on any atom is 0.254 e. The van der Waals surface area contributed by atoms with Crippen LogP contribution in [0.15, 0.2) is 23.0 Å². The normalized spacial score (nSPS) is 17.6. The molecule has 0 atom stereocenters. The van der Waals surface area contributed by atoms with E-state index in [1.165, 1.54) is 5.56 Å². The summed E-state index contributed by atoms with van der Waals surface area (Å²) in [6, 6.07) is 6.14. The standard InChI is InChI=1S/C23H29N3O4/c1-4-19-24-15(2)17(22(28)25-19)14-20(27)26-11-9-23(10-12-26)21-16(8-13-30-23)6-5-7-18(21)29-3/h5-7H,4,8-14H2,1-3H3,(H,24,25,28). The van der Waals surface area contributed by atoms with E-state index in [4.69, 9.17) is 9.47 Å². The van der Waals surface area contributed by atoms with Crippen LogP contribution in [0.2, 0.25) is 0 Å². The second-order valence-electron chi connectivity index (χ2n) is 8.07. The monoisotopic (exact) mass is 411 g/mol. The summed E-state index contributed by atoms with van der Waals surface area (Å²) in [5, 5.41) is 0. The quantitative estimate of drug-likeness (QED) is 0.834. The number of piperidine rings is 1. The Bertz CT molecular complexity index is 992. The Morgan fingerprint density at radius 3 is 2.77 bits per heavy atom. The predicted octanol–water partition coefficient (Wildman–Crippen LogP) is 2.28. The molecule has 0 radical (unpaired) electrons. The minimum absolute atomic E-state index is 0.0411. The molecular weight excluding hydrogens is 382 g/mol. The van der Waals surface area contributed by atoms with E-state index in [1.807, 2.05) is 24.0 Å². The van der Waals surface area contributed by atoms with E-state index >= 15 is 0 Å². The van der Waals surface area contributed by atoms with Crippen molar-refractivity contribution in [3.05, 3.63) is 56.8 Å². The van der Waals surface area contributed by atoms with E-state index in [9.17, 15) is 9.59 Å². The fourth-order valence-corrected chi connectivity index (χ4v) is 4.72. The van der Waals surface area contributed by atoms with Crippen LogP contribution in [0.25, 0.3) is 0 Å². The Morgan fingerprint density at radius 1 is 1.33 bits per heavy atom. The lowest BCUT2D eigenvalue weighted by Crippen LogP contribution is -2.49. The first-order valence-corrected chi connectivity index (χ1v) is 10.6. The fourth-order valence-electron chi connectivity index (χ4n) is 4.72. The molecule has 0 unspecified atom stereocenters. The molecule has 3 heterocycles. The van der Waals surface area contributed by atoms with Crippen molar-refractivity contribution in [2.45, 2.75) is 51.6 Å². The Labute approximate surface area is 176 Å². The lowest BCUT2D eigenvalue weighted by Gasteiger charge is -2.45. The van der Waals surface area contributed by atoms with Crippen LogP contribution < -0.4 is 10.3 Å². The average molecular weight is 412 g/mol. The van der Waals surface area contributed by atoms with Gasteiger partial charge in [-0.05, 0) is 37.8 Å². The lowest BCUT2D eigenvalue weighted by molar-refractivity contribution is -0.140. The van der Waals surface area contributed by atoms with E-state index in [2.05, 4.69) is 16.0 Å². The maximum absolute atomic E-state index is 12.9. The maximum atomic E-state index is 12.9. The molecule has 0 aliphatic carbocycles. The number of aryl methyl sites for hydroxylation is 2. The van der Waals surface area contributed by atoms with Crippen molar-refractivity contribution < 1.29 is 14.3 Å². The third-order valence-corrected chi connectivity index (χ3v) is 6.40. The number of carbonyl (C=O) groups excluding carboxylic acids is 1. The number of hydrogen-bond acceptors (Lipinski definition) is 5. The summed E-state index contributed by atoms with van der Waals surface area (Å²) in [6.07, 6.45) is 3.04. The first kappa shape index (κ1) is 20.6. The first-order valence-electron chi connectivity index (χ1n) is 10.6. The number of rotatable bonds is 4. The van der Waals surface area contributed by atoms with Gasteiger partial charge in [0.2, 0.25) is 5.91 Å². The third kappa shape index (κ3) is 3.62. The SMILES string of the molecule is CCc1nc(C)c(CC(=O)N2CCC3(CC2)OCCc2cccc(OC)c23)c(=O)[nH]1. The molecule has 4 rings (SSSR count). The molecule has 1 N–H and O–H groups in total. The van der Waals surface area contributed by atoms with Gasteiger partial charge in [-0.3, -0.25) is 9.59 Å². The molecule has 2 aromatic rings. The Hall–Kier alpha value is -2.67. The number of likely N-dealkylation sites (tertiary alicyclic amines) is 1. The highest BCUT2D eigenvalue weighted by molar-refractivity contribution is 5.79. The van der Waals surface area contributed by atoms with Crippen LogP contribution in [0.4, 0.5) is 0 Å². The van der Waals surface area contributed by atoms with E-state index in [-0.39, 0.29) is 17.9 Å². The first-order chi connectivity index (χ1) is 14.5. The van der Waals surface area contributed by atoms with Gasteiger partial charge in [0.15, 0.2) is 0 Å². The van der Waals surface area contributed by atoms with E-state index in [0.29, 0.717) is 56.0 Å². The third-order valence-electron chi connectivity index (χ3n) is 6.40. The molecule has 1 spiro atoms. The van der Waals surface area contributed by atoms with E-state index < -0.39 is 5.60 Å². The number of ether oxygens (including phenoxy) is 2. The largest absolute Gasteiger partial charge is 0.496 e. The van der Waals surface area contributed by atoms with Crippen LogP contribution in [0.5, 0.6) is 5.75 Å². The Kier molecular flexibility index (Phi) is 5.64. The van der Waals surface area contributed by atoms with Gasteiger partial charge in [-0.2, -0.15) is 0 Å². The number of benzene rings is 1. The topological polar surface area (TPSA) is 84.5 Å². The van der Waals surface area contributed by atoms with Gasteiger partial charge in [-0.15, -0.1) is 0 Å². The zero-order chi connectivity index (χ0) is 21.3. The van der Waals surface area contributed by atoms with E-state index in [1.54, 1.807) is 14.0 Å². The fraction of sp³-hybridized carbons (Fsp3) is 0.522. The highest BCUT2D eigenvalue weighted by Crippen LogP contribution is 2.45. The highest BCUT2D eigenvalue weighted by Gasteiger charge is 2.43. The summed E-state index contributed by atoms with van der Waals surface area (Å²) in [5.41, 5.74) is 2.87. The van der Waals surface area contributed by atoms with Crippen LogP contribution in [-0.4, -0.2) is 47.6 Å². The molecule has 1 aromatic carbocycles. The molecular formula is C23H29N3O4. The summed E-state index contributed by atoms with van der Waals surface area (Å²) < 4.78 is 11.9. The number of fused-ring (bicyclic) bond motifs is 2. The van der Waals surface area contributed by atoms with Crippen LogP contribution in [0, 0.1) is 6.92 Å². The molecule has 1 fully saturated rings. The second-order valence-corrected chi connectivity index (χ2v) is 8.07. The highest BCUT2D eigenvalue weighted by atomic mass is 16.5. The summed E-state index contributed by atoms with van der Waals surface area (Å²) in [5.74, 6) is 1.47. The molecule has 2 aliphatic heterocycles. The number of nitrogens with zero attached hydrogens (tertiary/aromatic N) is 2. The minimum atomic E-state index is -0.408. The molecule has 0 saturated carbocycles. The van der Waals surface area contributed by atoms with Crippen LogP contribution in [-0.2, 0) is 34.4 Å². The summed E-state index contributed by atoms with van der Waals surface area (Å²) in [6.45, 7) is 5.59. The zero-order valence-electron chi connectivity index (χ0n) is 17.9. The number of carbonyl (C=O) groups is 1. The molecule has 1 saturated heterocycles. The van der Waals surface area contributed by atoms with Crippen LogP contribution in [0.1, 0.15) is 48.0 Å². The summed E-state index contributed by atoms with van der Waals surface area (Å²) in [7, 11) is 1.69. The van der Waals surface area contributed by atoms with Crippen molar-refractivity contribution in [3.63, 3.8) is 0 Å². The molecule has 1 aromatic heterocycles. The Balaban J connectivity index is 1.50. The number of H-pyrrole nitrogens is 1. The van der Waals surface area contributed by atoms with Gasteiger partial charge < -0.3 is 19.4 Å². The number of aromatic nitrogens is 2. The average Bonchev–Trinajstić information content (AvgIpc) is 2.76.